The summed E-state index contributed by atoms with van der Waals surface area (Å²) in [7, 11) is 0. The summed E-state index contributed by atoms with van der Waals surface area (Å²) in [5.41, 5.74) is 6.62. The number of benzene rings is 1. The number of allylic oxidation sites excluding steroid dienone is 2. The van der Waals surface area contributed by atoms with E-state index in [0.29, 0.717) is 5.92 Å². The zero-order chi connectivity index (χ0) is 18.5. The third kappa shape index (κ3) is 4.48. The number of halogens is 1. The molecular weight excluding hydrogens is 354 g/mol. The number of nitrogens with one attached hydrogen (secondary N) is 1. The number of fused-ring (bicyclic) bond motifs is 2. The lowest BCUT2D eigenvalue weighted by Crippen LogP contribution is -2.20. The minimum absolute atomic E-state index is 0.339. The Labute approximate surface area is 166 Å². The molecule has 140 valence electrons. The summed E-state index contributed by atoms with van der Waals surface area (Å²) in [6.07, 6.45) is 12.5. The van der Waals surface area contributed by atoms with E-state index in [1.54, 1.807) is 0 Å². The molecule has 3 nitrogen and oxygen atoms in total. The summed E-state index contributed by atoms with van der Waals surface area (Å²) in [6.45, 7) is 2.02. The number of pyridine rings is 1. The quantitative estimate of drug-likeness (QED) is 0.681. The fourth-order valence-electron chi connectivity index (χ4n) is 4.16. The number of hydrogen-bond acceptors (Lipinski definition) is 3. The van der Waals surface area contributed by atoms with Gasteiger partial charge in [0.1, 0.15) is 0 Å². The molecule has 1 aliphatic carbocycles. The lowest BCUT2D eigenvalue weighted by Gasteiger charge is -2.20. The maximum Gasteiger partial charge on any atom is 0.0510 e. The molecule has 0 fully saturated rings. The normalized spacial score (nSPS) is 18.0. The summed E-state index contributed by atoms with van der Waals surface area (Å²) < 4.78 is 0. The highest BCUT2D eigenvalue weighted by Gasteiger charge is 2.24. The molecule has 0 amide bonds. The SMILES string of the molecule is Clc1ccc2c(c1)CCc1cccnc1C2CCNCCCC1=CCC=N1. The van der Waals surface area contributed by atoms with Gasteiger partial charge in [-0.15, -0.1) is 0 Å². The summed E-state index contributed by atoms with van der Waals surface area (Å²) >= 11 is 6.26. The van der Waals surface area contributed by atoms with Crippen molar-refractivity contribution < 1.29 is 0 Å². The molecule has 1 aromatic heterocycles. The van der Waals surface area contributed by atoms with Gasteiger partial charge in [0, 0.05) is 35.5 Å². The monoisotopic (exact) mass is 379 g/mol. The van der Waals surface area contributed by atoms with Gasteiger partial charge in [-0.05, 0) is 80.1 Å². The van der Waals surface area contributed by atoms with Crippen LogP contribution in [-0.4, -0.2) is 24.3 Å². The zero-order valence-electron chi connectivity index (χ0n) is 15.6. The van der Waals surface area contributed by atoms with Crippen LogP contribution < -0.4 is 5.32 Å². The van der Waals surface area contributed by atoms with Crippen molar-refractivity contribution in [1.82, 2.24) is 10.3 Å². The van der Waals surface area contributed by atoms with Gasteiger partial charge in [-0.3, -0.25) is 9.98 Å². The predicted octanol–water partition coefficient (Wildman–Crippen LogP) is 5.08. The Morgan fingerprint density at radius 2 is 2.04 bits per heavy atom. The van der Waals surface area contributed by atoms with Gasteiger partial charge in [-0.2, -0.15) is 0 Å². The molecule has 0 saturated carbocycles. The number of nitrogens with zero attached hydrogens (tertiary/aromatic N) is 2. The van der Waals surface area contributed by atoms with Crippen LogP contribution in [0.2, 0.25) is 5.02 Å². The van der Waals surface area contributed by atoms with Crippen LogP contribution in [0.25, 0.3) is 0 Å². The Morgan fingerprint density at radius 1 is 1.11 bits per heavy atom. The lowest BCUT2D eigenvalue weighted by atomic mass is 9.89. The molecule has 1 aliphatic heterocycles. The van der Waals surface area contributed by atoms with Crippen molar-refractivity contribution in [2.75, 3.05) is 13.1 Å². The average Bonchev–Trinajstić information content (AvgIpc) is 3.15. The molecule has 1 unspecified atom stereocenters. The second-order valence-corrected chi connectivity index (χ2v) is 7.76. The Kier molecular flexibility index (Phi) is 6.00. The van der Waals surface area contributed by atoms with E-state index in [0.717, 1.165) is 56.6 Å². The molecule has 27 heavy (non-hydrogen) atoms. The van der Waals surface area contributed by atoms with Crippen molar-refractivity contribution in [2.24, 2.45) is 4.99 Å². The predicted molar refractivity (Wildman–Crippen MR) is 113 cm³/mol. The van der Waals surface area contributed by atoms with Gasteiger partial charge in [-0.1, -0.05) is 29.8 Å². The van der Waals surface area contributed by atoms with Crippen molar-refractivity contribution in [2.45, 2.75) is 44.4 Å². The van der Waals surface area contributed by atoms with E-state index in [4.69, 9.17) is 16.6 Å². The lowest BCUT2D eigenvalue weighted by molar-refractivity contribution is 0.587. The van der Waals surface area contributed by atoms with Crippen molar-refractivity contribution in [1.29, 1.82) is 0 Å². The number of aliphatic imine (C=N–C) groups is 1. The molecule has 0 radical (unpaired) electrons. The first-order chi connectivity index (χ1) is 13.3. The summed E-state index contributed by atoms with van der Waals surface area (Å²) in [5, 5.41) is 4.44. The molecule has 1 N–H and O–H groups in total. The molecule has 0 spiro atoms. The molecule has 1 atom stereocenters. The van der Waals surface area contributed by atoms with Crippen LogP contribution in [0.1, 0.15) is 54.0 Å². The van der Waals surface area contributed by atoms with E-state index in [-0.39, 0.29) is 0 Å². The fraction of sp³-hybridized carbons (Fsp3) is 0.391. The highest BCUT2D eigenvalue weighted by molar-refractivity contribution is 6.30. The molecule has 2 heterocycles. The molecule has 4 heteroatoms. The van der Waals surface area contributed by atoms with Crippen LogP contribution in [0.5, 0.6) is 0 Å². The number of hydrogen-bond donors (Lipinski definition) is 1. The van der Waals surface area contributed by atoms with E-state index >= 15 is 0 Å². The molecule has 2 aliphatic rings. The summed E-state index contributed by atoms with van der Waals surface area (Å²) in [4.78, 5) is 9.15. The van der Waals surface area contributed by atoms with E-state index < -0.39 is 0 Å². The first-order valence-corrected chi connectivity index (χ1v) is 10.3. The van der Waals surface area contributed by atoms with Gasteiger partial charge in [-0.25, -0.2) is 0 Å². The minimum Gasteiger partial charge on any atom is -0.317 e. The van der Waals surface area contributed by atoms with Crippen LogP contribution in [-0.2, 0) is 12.8 Å². The smallest absolute Gasteiger partial charge is 0.0510 e. The highest BCUT2D eigenvalue weighted by atomic mass is 35.5. The molecule has 2 aromatic rings. The fourth-order valence-corrected chi connectivity index (χ4v) is 4.35. The molecule has 0 bridgehead atoms. The maximum atomic E-state index is 6.26. The first kappa shape index (κ1) is 18.4. The van der Waals surface area contributed by atoms with Crippen molar-refractivity contribution in [3.8, 4) is 0 Å². The molecule has 4 rings (SSSR count). The van der Waals surface area contributed by atoms with Crippen LogP contribution in [0, 0.1) is 0 Å². The molecule has 1 aromatic carbocycles. The second-order valence-electron chi connectivity index (χ2n) is 7.33. The van der Waals surface area contributed by atoms with Crippen LogP contribution >= 0.6 is 11.6 Å². The van der Waals surface area contributed by atoms with Gasteiger partial charge in [0.15, 0.2) is 0 Å². The minimum atomic E-state index is 0.339. The number of aryl methyl sites for hydroxylation is 2. The third-order valence-electron chi connectivity index (χ3n) is 5.51. The third-order valence-corrected chi connectivity index (χ3v) is 5.75. The van der Waals surface area contributed by atoms with Crippen molar-refractivity contribution in [3.05, 3.63) is 75.7 Å². The molecular formula is C23H26ClN3. The van der Waals surface area contributed by atoms with Crippen LogP contribution in [0.4, 0.5) is 0 Å². The zero-order valence-corrected chi connectivity index (χ0v) is 16.4. The van der Waals surface area contributed by atoms with E-state index in [1.807, 2.05) is 18.5 Å². The van der Waals surface area contributed by atoms with Gasteiger partial charge >= 0.3 is 0 Å². The summed E-state index contributed by atoms with van der Waals surface area (Å²) in [6, 6.07) is 10.6. The summed E-state index contributed by atoms with van der Waals surface area (Å²) in [5.74, 6) is 0.339. The largest absolute Gasteiger partial charge is 0.317 e. The van der Waals surface area contributed by atoms with Gasteiger partial charge in [0.05, 0.1) is 5.69 Å². The Bertz CT molecular complexity index is 856. The second kappa shape index (κ2) is 8.81. The van der Waals surface area contributed by atoms with Crippen LogP contribution in [0.15, 0.2) is 53.3 Å². The Hall–Kier alpha value is -1.97. The Morgan fingerprint density at radius 3 is 2.93 bits per heavy atom. The number of rotatable bonds is 7. The topological polar surface area (TPSA) is 37.3 Å². The van der Waals surface area contributed by atoms with Gasteiger partial charge in [0.25, 0.3) is 0 Å². The van der Waals surface area contributed by atoms with Crippen molar-refractivity contribution >= 4 is 17.8 Å². The average molecular weight is 380 g/mol. The number of aromatic nitrogens is 1. The van der Waals surface area contributed by atoms with E-state index in [2.05, 4.69) is 40.7 Å². The van der Waals surface area contributed by atoms with E-state index in [1.165, 1.54) is 28.1 Å². The first-order valence-electron chi connectivity index (χ1n) is 9.95. The highest BCUT2D eigenvalue weighted by Crippen LogP contribution is 2.36. The standard InChI is InChI=1S/C23H26ClN3/c24-19-9-10-21-18(16-19)8-7-17-4-1-14-27-23(17)22(21)11-15-25-12-2-5-20-6-3-13-26-20/h1,4,6,9-10,13-14,16,22,25H,2-3,5,7-8,11-12,15H2. The van der Waals surface area contributed by atoms with E-state index in [9.17, 15) is 0 Å². The van der Waals surface area contributed by atoms with Gasteiger partial charge in [0.2, 0.25) is 0 Å². The Balaban J connectivity index is 1.40. The van der Waals surface area contributed by atoms with Gasteiger partial charge < -0.3 is 5.32 Å². The maximum absolute atomic E-state index is 6.26. The van der Waals surface area contributed by atoms with Crippen molar-refractivity contribution in [3.63, 3.8) is 0 Å². The van der Waals surface area contributed by atoms with Crippen LogP contribution in [0.3, 0.4) is 0 Å². The molecule has 0 saturated heterocycles.